The molecule has 2 nitrogen and oxygen atoms in total. The summed E-state index contributed by atoms with van der Waals surface area (Å²) in [6, 6.07) is 10.6. The topological polar surface area (TPSA) is 33.0 Å². The van der Waals surface area contributed by atoms with Crippen molar-refractivity contribution in [3.05, 3.63) is 57.3 Å². The van der Waals surface area contributed by atoms with E-state index in [4.69, 9.17) is 10.00 Å². The molecule has 0 amide bonds. The average molecular weight is 348 g/mol. The highest BCUT2D eigenvalue weighted by Gasteiger charge is 2.13. The van der Waals surface area contributed by atoms with Crippen molar-refractivity contribution in [2.45, 2.75) is 26.7 Å². The largest absolute Gasteiger partial charge is 0.454 e. The lowest BCUT2D eigenvalue weighted by Crippen LogP contribution is -1.95. The van der Waals surface area contributed by atoms with Gasteiger partial charge in [-0.05, 0) is 64.2 Å². The van der Waals surface area contributed by atoms with Gasteiger partial charge in [-0.15, -0.1) is 0 Å². The lowest BCUT2D eigenvalue weighted by Gasteiger charge is -2.13. The van der Waals surface area contributed by atoms with Crippen molar-refractivity contribution in [3.63, 3.8) is 0 Å². The summed E-state index contributed by atoms with van der Waals surface area (Å²) >= 11 is 3.07. The highest BCUT2D eigenvalue weighted by atomic mass is 79.9. The number of rotatable bonds is 3. The zero-order valence-corrected chi connectivity index (χ0v) is 13.7. The number of ether oxygens (including phenoxy) is 1. The molecule has 0 saturated carbocycles. The summed E-state index contributed by atoms with van der Waals surface area (Å²) in [4.78, 5) is 0. The predicted molar refractivity (Wildman–Crippen MR) is 84.2 cm³/mol. The Balaban J connectivity index is 2.33. The monoisotopic (exact) mass is 347 g/mol. The quantitative estimate of drug-likeness (QED) is 0.714. The Labute approximate surface area is 132 Å². The van der Waals surface area contributed by atoms with Crippen LogP contribution < -0.4 is 4.74 Å². The third-order valence-electron chi connectivity index (χ3n) is 3.26. The molecule has 2 aromatic carbocycles. The van der Waals surface area contributed by atoms with Crippen LogP contribution in [0.5, 0.6) is 11.5 Å². The molecule has 0 heterocycles. The van der Waals surface area contributed by atoms with Gasteiger partial charge in [0.2, 0.25) is 0 Å². The molecule has 2 aromatic rings. The zero-order valence-electron chi connectivity index (χ0n) is 12.1. The first kappa shape index (κ1) is 15.5. The Morgan fingerprint density at radius 1 is 1.24 bits per heavy atom. The number of halogens is 2. The number of hydrogen-bond acceptors (Lipinski definition) is 2. The van der Waals surface area contributed by atoms with Crippen LogP contribution in [0.2, 0.25) is 0 Å². The van der Waals surface area contributed by atoms with Gasteiger partial charge in [-0.1, -0.05) is 19.9 Å². The van der Waals surface area contributed by atoms with Crippen LogP contribution in [0.15, 0.2) is 34.8 Å². The summed E-state index contributed by atoms with van der Waals surface area (Å²) in [6.07, 6.45) is 0. The van der Waals surface area contributed by atoms with Crippen LogP contribution in [0, 0.1) is 24.1 Å². The molecule has 108 valence electrons. The number of benzene rings is 2. The van der Waals surface area contributed by atoms with Crippen molar-refractivity contribution in [2.24, 2.45) is 0 Å². The van der Waals surface area contributed by atoms with Gasteiger partial charge in [-0.3, -0.25) is 0 Å². The fourth-order valence-electron chi connectivity index (χ4n) is 2.18. The summed E-state index contributed by atoms with van der Waals surface area (Å²) < 4.78 is 19.8. The Bertz CT molecular complexity index is 719. The third-order valence-corrected chi connectivity index (χ3v) is 4.03. The highest BCUT2D eigenvalue weighted by molar-refractivity contribution is 9.10. The van der Waals surface area contributed by atoms with Crippen molar-refractivity contribution in [3.8, 4) is 17.6 Å². The van der Waals surface area contributed by atoms with Crippen LogP contribution in [-0.4, -0.2) is 0 Å². The molecule has 0 saturated heterocycles. The lowest BCUT2D eigenvalue weighted by molar-refractivity contribution is 0.439. The molecular weight excluding hydrogens is 333 g/mol. The van der Waals surface area contributed by atoms with Crippen LogP contribution in [0.1, 0.15) is 36.5 Å². The van der Waals surface area contributed by atoms with Crippen LogP contribution in [-0.2, 0) is 0 Å². The molecule has 2 rings (SSSR count). The van der Waals surface area contributed by atoms with Gasteiger partial charge >= 0.3 is 0 Å². The maximum absolute atomic E-state index is 14.1. The van der Waals surface area contributed by atoms with E-state index in [0.29, 0.717) is 11.7 Å². The molecule has 4 heteroatoms. The first-order valence-corrected chi connectivity index (χ1v) is 7.39. The summed E-state index contributed by atoms with van der Waals surface area (Å²) in [5.41, 5.74) is 2.59. The summed E-state index contributed by atoms with van der Waals surface area (Å²) in [5.74, 6) is 0.532. The first-order chi connectivity index (χ1) is 9.93. The van der Waals surface area contributed by atoms with Crippen molar-refractivity contribution in [1.29, 1.82) is 5.26 Å². The second-order valence-corrected chi connectivity index (χ2v) is 5.92. The van der Waals surface area contributed by atoms with Crippen molar-refractivity contribution in [2.75, 3.05) is 0 Å². The summed E-state index contributed by atoms with van der Waals surface area (Å²) in [5, 5.41) is 8.85. The smallest absolute Gasteiger partial charge is 0.181 e. The molecule has 0 atom stereocenters. The van der Waals surface area contributed by atoms with Crippen LogP contribution in [0.4, 0.5) is 4.39 Å². The number of nitrogens with zero attached hydrogens (tertiary/aromatic N) is 1. The lowest BCUT2D eigenvalue weighted by atomic mass is 9.98. The average Bonchev–Trinajstić information content (AvgIpc) is 2.44. The van der Waals surface area contributed by atoms with E-state index < -0.39 is 5.82 Å². The Morgan fingerprint density at radius 3 is 2.52 bits per heavy atom. The van der Waals surface area contributed by atoms with Gasteiger partial charge in [0.25, 0.3) is 0 Å². The number of aryl methyl sites for hydroxylation is 1. The van der Waals surface area contributed by atoms with E-state index in [2.05, 4.69) is 29.8 Å². The molecule has 0 fully saturated rings. The van der Waals surface area contributed by atoms with E-state index in [0.717, 1.165) is 5.56 Å². The van der Waals surface area contributed by atoms with E-state index in [1.54, 1.807) is 0 Å². The minimum Gasteiger partial charge on any atom is -0.454 e. The molecule has 0 aliphatic heterocycles. The standard InChI is InChI=1S/C17H15BrFNO/c1-10(2)14-6-5-13(8-11(14)3)21-15-7-4-12(9-20)16(18)17(15)19/h4-8,10H,1-3H3. The normalized spacial score (nSPS) is 10.5. The molecule has 0 aliphatic carbocycles. The van der Waals surface area contributed by atoms with Crippen molar-refractivity contribution in [1.82, 2.24) is 0 Å². The van der Waals surface area contributed by atoms with E-state index in [-0.39, 0.29) is 15.8 Å². The fourth-order valence-corrected chi connectivity index (χ4v) is 2.60. The Morgan fingerprint density at radius 2 is 1.95 bits per heavy atom. The van der Waals surface area contributed by atoms with Gasteiger partial charge in [0.15, 0.2) is 11.6 Å². The minimum atomic E-state index is -0.570. The van der Waals surface area contributed by atoms with E-state index in [9.17, 15) is 4.39 Å². The molecule has 0 radical (unpaired) electrons. The van der Waals surface area contributed by atoms with E-state index in [1.165, 1.54) is 17.7 Å². The number of nitriles is 1. The van der Waals surface area contributed by atoms with E-state index in [1.807, 2.05) is 31.2 Å². The third kappa shape index (κ3) is 3.25. The first-order valence-electron chi connectivity index (χ1n) is 6.60. The van der Waals surface area contributed by atoms with Crippen LogP contribution in [0.25, 0.3) is 0 Å². The van der Waals surface area contributed by atoms with Gasteiger partial charge in [-0.2, -0.15) is 5.26 Å². The molecule has 0 bridgehead atoms. The van der Waals surface area contributed by atoms with Gasteiger partial charge in [0.05, 0.1) is 10.0 Å². The minimum absolute atomic E-state index is 0.0950. The molecular formula is C17H15BrFNO. The SMILES string of the molecule is Cc1cc(Oc2ccc(C#N)c(Br)c2F)ccc1C(C)C. The van der Waals surface area contributed by atoms with Gasteiger partial charge in [0, 0.05) is 0 Å². The highest BCUT2D eigenvalue weighted by Crippen LogP contribution is 2.32. The zero-order chi connectivity index (χ0) is 15.6. The molecule has 0 N–H and O–H groups in total. The van der Waals surface area contributed by atoms with Crippen molar-refractivity contribution >= 4 is 15.9 Å². The Kier molecular flexibility index (Phi) is 4.64. The molecule has 0 aromatic heterocycles. The molecule has 0 unspecified atom stereocenters. The molecule has 21 heavy (non-hydrogen) atoms. The van der Waals surface area contributed by atoms with Crippen LogP contribution >= 0.6 is 15.9 Å². The maximum atomic E-state index is 14.1. The summed E-state index contributed by atoms with van der Waals surface area (Å²) in [6.45, 7) is 6.26. The second-order valence-electron chi connectivity index (χ2n) is 5.13. The van der Waals surface area contributed by atoms with E-state index >= 15 is 0 Å². The predicted octanol–water partition coefficient (Wildman–Crippen LogP) is 5.68. The molecule has 0 spiro atoms. The van der Waals surface area contributed by atoms with Gasteiger partial charge < -0.3 is 4.74 Å². The fraction of sp³-hybridized carbons (Fsp3) is 0.235. The summed E-state index contributed by atoms with van der Waals surface area (Å²) in [7, 11) is 0. The van der Waals surface area contributed by atoms with Gasteiger partial charge in [-0.25, -0.2) is 4.39 Å². The maximum Gasteiger partial charge on any atom is 0.181 e. The van der Waals surface area contributed by atoms with Gasteiger partial charge in [0.1, 0.15) is 11.8 Å². The van der Waals surface area contributed by atoms with Crippen molar-refractivity contribution < 1.29 is 9.13 Å². The van der Waals surface area contributed by atoms with Crippen LogP contribution in [0.3, 0.4) is 0 Å². The molecule has 0 aliphatic rings. The number of hydrogen-bond donors (Lipinski definition) is 0. The second kappa shape index (κ2) is 6.28. The Hall–Kier alpha value is -1.86.